The van der Waals surface area contributed by atoms with Crippen molar-refractivity contribution in [3.8, 4) is 5.75 Å². The number of aromatic nitrogens is 2. The third kappa shape index (κ3) is 4.33. The van der Waals surface area contributed by atoms with E-state index in [9.17, 15) is 4.39 Å². The first-order valence-corrected chi connectivity index (χ1v) is 6.77. The van der Waals surface area contributed by atoms with Crippen molar-refractivity contribution in [1.29, 1.82) is 0 Å². The van der Waals surface area contributed by atoms with Crippen LogP contribution in [0.4, 0.5) is 4.39 Å². The molecule has 5 heteroatoms. The van der Waals surface area contributed by atoms with Crippen molar-refractivity contribution < 1.29 is 13.5 Å². The third-order valence-corrected chi connectivity index (χ3v) is 2.52. The Labute approximate surface area is 119 Å². The van der Waals surface area contributed by atoms with Crippen LogP contribution in [0.5, 0.6) is 5.75 Å². The maximum Gasteiger partial charge on any atom is 0.253 e. The van der Waals surface area contributed by atoms with Gasteiger partial charge in [-0.3, -0.25) is 0 Å². The van der Waals surface area contributed by atoms with Crippen LogP contribution in [0.25, 0.3) is 0 Å². The first-order valence-electron chi connectivity index (χ1n) is 6.77. The topological polar surface area (TPSA) is 48.2 Å². The number of hydrogen-bond acceptors (Lipinski definition) is 4. The number of rotatable bonds is 4. The van der Waals surface area contributed by atoms with E-state index in [2.05, 4.69) is 10.2 Å². The number of nitrogens with zero attached hydrogens (tertiary/aromatic N) is 2. The van der Waals surface area contributed by atoms with Gasteiger partial charge in [0.05, 0.1) is 0 Å². The van der Waals surface area contributed by atoms with E-state index in [0.29, 0.717) is 23.1 Å². The van der Waals surface area contributed by atoms with Gasteiger partial charge < -0.3 is 9.15 Å². The largest absolute Gasteiger partial charge is 0.484 e. The lowest BCUT2D eigenvalue weighted by molar-refractivity contribution is 0.260. The normalized spacial score (nSPS) is 10.2. The molecule has 0 aliphatic carbocycles. The highest BCUT2D eigenvalue weighted by Crippen LogP contribution is 2.24. The SMILES string of the molecule is CC.Cc1nnc(COc2ccc(F)c(C(C)C)c2)o1. The molecule has 0 aliphatic rings. The molecule has 2 aromatic rings. The van der Waals surface area contributed by atoms with Gasteiger partial charge in [0.15, 0.2) is 6.61 Å². The van der Waals surface area contributed by atoms with E-state index >= 15 is 0 Å². The van der Waals surface area contributed by atoms with E-state index in [1.54, 1.807) is 19.1 Å². The number of ether oxygens (including phenoxy) is 1. The summed E-state index contributed by atoms with van der Waals surface area (Å²) in [7, 11) is 0. The van der Waals surface area contributed by atoms with Crippen molar-refractivity contribution in [2.75, 3.05) is 0 Å². The van der Waals surface area contributed by atoms with Crippen LogP contribution in [-0.2, 0) is 6.61 Å². The zero-order valence-corrected chi connectivity index (χ0v) is 12.6. The number of aryl methyl sites for hydroxylation is 1. The minimum absolute atomic E-state index is 0.110. The van der Waals surface area contributed by atoms with Crippen LogP contribution in [0.3, 0.4) is 0 Å². The number of hydrogen-bond donors (Lipinski definition) is 0. The highest BCUT2D eigenvalue weighted by atomic mass is 19.1. The fraction of sp³-hybridized carbons (Fsp3) is 0.467. The van der Waals surface area contributed by atoms with Crippen LogP contribution in [0.15, 0.2) is 22.6 Å². The minimum Gasteiger partial charge on any atom is -0.484 e. The van der Waals surface area contributed by atoms with Crippen molar-refractivity contribution >= 4 is 0 Å². The van der Waals surface area contributed by atoms with Crippen molar-refractivity contribution in [3.63, 3.8) is 0 Å². The summed E-state index contributed by atoms with van der Waals surface area (Å²) in [6.07, 6.45) is 0. The summed E-state index contributed by atoms with van der Waals surface area (Å²) in [5.41, 5.74) is 0.634. The van der Waals surface area contributed by atoms with E-state index in [-0.39, 0.29) is 18.3 Å². The Hall–Kier alpha value is -1.91. The lowest BCUT2D eigenvalue weighted by atomic mass is 10.0. The van der Waals surface area contributed by atoms with Crippen LogP contribution in [-0.4, -0.2) is 10.2 Å². The van der Waals surface area contributed by atoms with E-state index in [0.717, 1.165) is 0 Å². The van der Waals surface area contributed by atoms with Gasteiger partial charge in [-0.2, -0.15) is 0 Å². The second-order valence-electron chi connectivity index (χ2n) is 4.34. The average molecular weight is 280 g/mol. The summed E-state index contributed by atoms with van der Waals surface area (Å²) in [5, 5.41) is 7.52. The predicted molar refractivity (Wildman–Crippen MR) is 75.2 cm³/mol. The first-order chi connectivity index (χ1) is 9.56. The fourth-order valence-electron chi connectivity index (χ4n) is 1.59. The molecule has 20 heavy (non-hydrogen) atoms. The molecule has 110 valence electrons. The van der Waals surface area contributed by atoms with Gasteiger partial charge in [0.25, 0.3) is 5.89 Å². The number of benzene rings is 1. The molecular formula is C15H21FN2O2. The molecule has 0 atom stereocenters. The minimum atomic E-state index is -0.217. The molecule has 0 radical (unpaired) electrons. The molecule has 1 aromatic carbocycles. The zero-order chi connectivity index (χ0) is 15.1. The molecule has 0 N–H and O–H groups in total. The van der Waals surface area contributed by atoms with Crippen molar-refractivity contribution in [3.05, 3.63) is 41.4 Å². The predicted octanol–water partition coefficient (Wildman–Crippen LogP) is 4.25. The Bertz CT molecular complexity index is 538. The van der Waals surface area contributed by atoms with Gasteiger partial charge in [-0.1, -0.05) is 27.7 Å². The fourth-order valence-corrected chi connectivity index (χ4v) is 1.59. The summed E-state index contributed by atoms with van der Waals surface area (Å²) >= 11 is 0. The monoisotopic (exact) mass is 280 g/mol. The first kappa shape index (κ1) is 16.1. The molecule has 1 heterocycles. The van der Waals surface area contributed by atoms with Gasteiger partial charge >= 0.3 is 0 Å². The standard InChI is InChI=1S/C13H15FN2O2.C2H6/c1-8(2)11-6-10(4-5-12(11)14)17-7-13-16-15-9(3)18-13;1-2/h4-6,8H,7H2,1-3H3;1-2H3. The maximum absolute atomic E-state index is 13.5. The van der Waals surface area contributed by atoms with Gasteiger partial charge in [0.2, 0.25) is 5.89 Å². The van der Waals surface area contributed by atoms with Crippen LogP contribution in [0.2, 0.25) is 0 Å². The van der Waals surface area contributed by atoms with E-state index in [1.807, 2.05) is 27.7 Å². The lowest BCUT2D eigenvalue weighted by Crippen LogP contribution is -1.98. The maximum atomic E-state index is 13.5. The van der Waals surface area contributed by atoms with Crippen molar-refractivity contribution in [2.45, 2.75) is 47.1 Å². The van der Waals surface area contributed by atoms with Crippen LogP contribution < -0.4 is 4.74 Å². The second-order valence-corrected chi connectivity index (χ2v) is 4.34. The number of halogens is 1. The van der Waals surface area contributed by atoms with Crippen LogP contribution in [0.1, 0.15) is 51.0 Å². The lowest BCUT2D eigenvalue weighted by Gasteiger charge is -2.10. The summed E-state index contributed by atoms with van der Waals surface area (Å²) in [6, 6.07) is 4.69. The Morgan fingerprint density at radius 3 is 2.50 bits per heavy atom. The molecule has 0 aliphatic heterocycles. The molecule has 1 aromatic heterocycles. The van der Waals surface area contributed by atoms with Gasteiger partial charge in [-0.15, -0.1) is 10.2 Å². The zero-order valence-electron chi connectivity index (χ0n) is 12.6. The van der Waals surface area contributed by atoms with Gasteiger partial charge in [-0.05, 0) is 29.7 Å². The molecule has 4 nitrogen and oxygen atoms in total. The van der Waals surface area contributed by atoms with Gasteiger partial charge in [0.1, 0.15) is 11.6 Å². The summed E-state index contributed by atoms with van der Waals surface area (Å²) in [6.45, 7) is 9.77. The molecule has 0 bridgehead atoms. The molecular weight excluding hydrogens is 259 g/mol. The average Bonchev–Trinajstić information content (AvgIpc) is 2.85. The molecule has 0 amide bonds. The van der Waals surface area contributed by atoms with Crippen molar-refractivity contribution in [1.82, 2.24) is 10.2 Å². The molecule has 2 rings (SSSR count). The second kappa shape index (κ2) is 7.62. The van der Waals surface area contributed by atoms with Crippen LogP contribution in [0, 0.1) is 12.7 Å². The Balaban J connectivity index is 0.000000956. The molecule has 0 unspecified atom stereocenters. The Morgan fingerprint density at radius 1 is 1.25 bits per heavy atom. The molecule has 0 fully saturated rings. The van der Waals surface area contributed by atoms with E-state index < -0.39 is 0 Å². The highest BCUT2D eigenvalue weighted by Gasteiger charge is 2.09. The third-order valence-electron chi connectivity index (χ3n) is 2.52. The van der Waals surface area contributed by atoms with E-state index in [4.69, 9.17) is 9.15 Å². The Morgan fingerprint density at radius 2 is 1.95 bits per heavy atom. The smallest absolute Gasteiger partial charge is 0.253 e. The highest BCUT2D eigenvalue weighted by molar-refractivity contribution is 5.31. The molecule has 0 saturated carbocycles. The Kier molecular flexibility index (Phi) is 6.15. The summed E-state index contributed by atoms with van der Waals surface area (Å²) < 4.78 is 24.2. The van der Waals surface area contributed by atoms with Crippen molar-refractivity contribution in [2.24, 2.45) is 0 Å². The summed E-state index contributed by atoms with van der Waals surface area (Å²) in [4.78, 5) is 0. The van der Waals surface area contributed by atoms with Gasteiger partial charge in [-0.25, -0.2) is 4.39 Å². The van der Waals surface area contributed by atoms with E-state index in [1.165, 1.54) is 6.07 Å². The summed E-state index contributed by atoms with van der Waals surface area (Å²) in [5.74, 6) is 1.39. The molecule has 0 spiro atoms. The van der Waals surface area contributed by atoms with Crippen LogP contribution >= 0.6 is 0 Å². The quantitative estimate of drug-likeness (QED) is 0.840. The molecule has 0 saturated heterocycles. The van der Waals surface area contributed by atoms with Gasteiger partial charge in [0, 0.05) is 6.92 Å².